The summed E-state index contributed by atoms with van der Waals surface area (Å²) in [5.41, 5.74) is 4.29. The van der Waals surface area contributed by atoms with Gasteiger partial charge in [0.2, 0.25) is 0 Å². The molecular formula is C16H17FO. The van der Waals surface area contributed by atoms with Crippen molar-refractivity contribution in [3.05, 3.63) is 64.5 Å². The van der Waals surface area contributed by atoms with Gasteiger partial charge in [0, 0.05) is 0 Å². The highest BCUT2D eigenvalue weighted by molar-refractivity contribution is 5.38. The largest absolute Gasteiger partial charge is 0.489 e. The SMILES string of the molecule is Cc1cc(F)ccc1COc1cccc(C)c1C. The lowest BCUT2D eigenvalue weighted by Crippen LogP contribution is -2.00. The molecule has 0 aliphatic carbocycles. The molecule has 0 spiro atoms. The van der Waals surface area contributed by atoms with Gasteiger partial charge in [0.1, 0.15) is 18.2 Å². The number of ether oxygens (including phenoxy) is 1. The molecule has 0 atom stereocenters. The molecule has 0 aliphatic rings. The molecule has 0 aliphatic heterocycles. The van der Waals surface area contributed by atoms with E-state index in [1.165, 1.54) is 17.7 Å². The molecule has 0 amide bonds. The highest BCUT2D eigenvalue weighted by atomic mass is 19.1. The topological polar surface area (TPSA) is 9.23 Å². The summed E-state index contributed by atoms with van der Waals surface area (Å²) in [6.07, 6.45) is 0. The Morgan fingerprint density at radius 3 is 2.50 bits per heavy atom. The Hall–Kier alpha value is -1.83. The Labute approximate surface area is 107 Å². The van der Waals surface area contributed by atoms with Crippen LogP contribution in [0.1, 0.15) is 22.3 Å². The van der Waals surface area contributed by atoms with Gasteiger partial charge in [-0.3, -0.25) is 0 Å². The maximum Gasteiger partial charge on any atom is 0.123 e. The average Bonchev–Trinajstić information content (AvgIpc) is 2.33. The zero-order chi connectivity index (χ0) is 13.1. The highest BCUT2D eigenvalue weighted by Crippen LogP contribution is 2.22. The Kier molecular flexibility index (Phi) is 3.66. The molecule has 2 heteroatoms. The molecule has 2 rings (SSSR count). The molecule has 2 aromatic carbocycles. The quantitative estimate of drug-likeness (QED) is 0.780. The summed E-state index contributed by atoms with van der Waals surface area (Å²) in [4.78, 5) is 0. The third kappa shape index (κ3) is 2.70. The lowest BCUT2D eigenvalue weighted by Gasteiger charge is -2.12. The molecule has 94 valence electrons. The predicted octanol–water partition coefficient (Wildman–Crippen LogP) is 4.33. The zero-order valence-electron chi connectivity index (χ0n) is 11.0. The predicted molar refractivity (Wildman–Crippen MR) is 71.4 cm³/mol. The van der Waals surface area contributed by atoms with Crippen LogP contribution in [-0.4, -0.2) is 0 Å². The molecule has 0 N–H and O–H groups in total. The molecule has 0 fully saturated rings. The van der Waals surface area contributed by atoms with Crippen molar-refractivity contribution in [1.29, 1.82) is 0 Å². The number of aryl methyl sites for hydroxylation is 2. The molecule has 1 nitrogen and oxygen atoms in total. The third-order valence-corrected chi connectivity index (χ3v) is 3.24. The summed E-state index contributed by atoms with van der Waals surface area (Å²) >= 11 is 0. The first-order chi connectivity index (χ1) is 8.58. The van der Waals surface area contributed by atoms with Crippen molar-refractivity contribution >= 4 is 0 Å². The highest BCUT2D eigenvalue weighted by Gasteiger charge is 2.04. The fraction of sp³-hybridized carbons (Fsp3) is 0.250. The molecule has 0 saturated heterocycles. The number of rotatable bonds is 3. The number of benzene rings is 2. The summed E-state index contributed by atoms with van der Waals surface area (Å²) in [5.74, 6) is 0.682. The van der Waals surface area contributed by atoms with Gasteiger partial charge in [-0.1, -0.05) is 18.2 Å². The van der Waals surface area contributed by atoms with Crippen molar-refractivity contribution in [3.8, 4) is 5.75 Å². The second-order valence-corrected chi connectivity index (χ2v) is 4.56. The van der Waals surface area contributed by atoms with Crippen molar-refractivity contribution in [2.24, 2.45) is 0 Å². The van der Waals surface area contributed by atoms with Gasteiger partial charge in [0.15, 0.2) is 0 Å². The zero-order valence-corrected chi connectivity index (χ0v) is 11.0. The summed E-state index contributed by atoms with van der Waals surface area (Å²) in [7, 11) is 0. The fourth-order valence-corrected chi connectivity index (χ4v) is 1.86. The average molecular weight is 244 g/mol. The van der Waals surface area contributed by atoms with E-state index in [-0.39, 0.29) is 5.82 Å². The van der Waals surface area contributed by atoms with Crippen molar-refractivity contribution in [2.45, 2.75) is 27.4 Å². The van der Waals surface area contributed by atoms with Crippen LogP contribution in [0, 0.1) is 26.6 Å². The van der Waals surface area contributed by atoms with Crippen molar-refractivity contribution in [3.63, 3.8) is 0 Å². The van der Waals surface area contributed by atoms with Crippen LogP contribution in [0.2, 0.25) is 0 Å². The van der Waals surface area contributed by atoms with E-state index in [1.807, 2.05) is 26.0 Å². The Bertz CT molecular complexity index is 561. The van der Waals surface area contributed by atoms with Crippen LogP contribution in [0.3, 0.4) is 0 Å². The first kappa shape index (κ1) is 12.6. The molecule has 0 bridgehead atoms. The molecule has 0 unspecified atom stereocenters. The van der Waals surface area contributed by atoms with E-state index in [4.69, 9.17) is 4.74 Å². The molecular weight excluding hydrogens is 227 g/mol. The van der Waals surface area contributed by atoms with Gasteiger partial charge in [-0.15, -0.1) is 0 Å². The Morgan fingerprint density at radius 1 is 1.00 bits per heavy atom. The van der Waals surface area contributed by atoms with Gasteiger partial charge < -0.3 is 4.74 Å². The van der Waals surface area contributed by atoms with Gasteiger partial charge in [-0.2, -0.15) is 0 Å². The van der Waals surface area contributed by atoms with Crippen molar-refractivity contribution < 1.29 is 9.13 Å². The van der Waals surface area contributed by atoms with Crippen LogP contribution in [0.4, 0.5) is 4.39 Å². The van der Waals surface area contributed by atoms with E-state index < -0.39 is 0 Å². The minimum Gasteiger partial charge on any atom is -0.489 e. The van der Waals surface area contributed by atoms with Crippen LogP contribution in [0.15, 0.2) is 36.4 Å². The number of hydrogen-bond donors (Lipinski definition) is 0. The van der Waals surface area contributed by atoms with Gasteiger partial charge in [0.25, 0.3) is 0 Å². The molecule has 2 aromatic rings. The monoisotopic (exact) mass is 244 g/mol. The molecule has 0 aromatic heterocycles. The van der Waals surface area contributed by atoms with Crippen LogP contribution in [0.5, 0.6) is 5.75 Å². The molecule has 18 heavy (non-hydrogen) atoms. The summed E-state index contributed by atoms with van der Waals surface area (Å²) in [5, 5.41) is 0. The number of hydrogen-bond acceptors (Lipinski definition) is 1. The standard InChI is InChI=1S/C16H17FO/c1-11-5-4-6-16(13(11)3)18-10-14-7-8-15(17)9-12(14)2/h4-9H,10H2,1-3H3. The lowest BCUT2D eigenvalue weighted by atomic mass is 10.1. The molecule has 0 saturated carbocycles. The Balaban J connectivity index is 2.14. The van der Waals surface area contributed by atoms with Crippen LogP contribution >= 0.6 is 0 Å². The summed E-state index contributed by atoms with van der Waals surface area (Å²) in [6.45, 7) is 6.47. The minimum atomic E-state index is -0.206. The van der Waals surface area contributed by atoms with Crippen molar-refractivity contribution in [1.82, 2.24) is 0 Å². The van der Waals surface area contributed by atoms with Crippen LogP contribution in [0.25, 0.3) is 0 Å². The van der Waals surface area contributed by atoms with Gasteiger partial charge in [0.05, 0.1) is 0 Å². The van der Waals surface area contributed by atoms with E-state index in [9.17, 15) is 4.39 Å². The second-order valence-electron chi connectivity index (χ2n) is 4.56. The number of halogens is 1. The maximum atomic E-state index is 13.0. The van der Waals surface area contributed by atoms with Gasteiger partial charge in [-0.25, -0.2) is 4.39 Å². The fourth-order valence-electron chi connectivity index (χ4n) is 1.86. The third-order valence-electron chi connectivity index (χ3n) is 3.24. The molecule has 0 radical (unpaired) electrons. The van der Waals surface area contributed by atoms with Crippen LogP contribution in [-0.2, 0) is 6.61 Å². The van der Waals surface area contributed by atoms with Crippen LogP contribution < -0.4 is 4.74 Å². The van der Waals surface area contributed by atoms with E-state index in [1.54, 1.807) is 6.07 Å². The lowest BCUT2D eigenvalue weighted by molar-refractivity contribution is 0.303. The van der Waals surface area contributed by atoms with Crippen molar-refractivity contribution in [2.75, 3.05) is 0 Å². The van der Waals surface area contributed by atoms with Gasteiger partial charge >= 0.3 is 0 Å². The van der Waals surface area contributed by atoms with E-state index in [0.29, 0.717) is 6.61 Å². The van der Waals surface area contributed by atoms with E-state index >= 15 is 0 Å². The maximum absolute atomic E-state index is 13.0. The molecule has 0 heterocycles. The first-order valence-electron chi connectivity index (χ1n) is 6.02. The van der Waals surface area contributed by atoms with E-state index in [2.05, 4.69) is 13.0 Å². The Morgan fingerprint density at radius 2 is 1.78 bits per heavy atom. The summed E-state index contributed by atoms with van der Waals surface area (Å²) in [6, 6.07) is 10.8. The minimum absolute atomic E-state index is 0.206. The normalized spacial score (nSPS) is 10.4. The first-order valence-corrected chi connectivity index (χ1v) is 6.02. The van der Waals surface area contributed by atoms with Gasteiger partial charge in [-0.05, 0) is 61.2 Å². The van der Waals surface area contributed by atoms with E-state index in [0.717, 1.165) is 22.4 Å². The second kappa shape index (κ2) is 5.21. The smallest absolute Gasteiger partial charge is 0.123 e. The summed E-state index contributed by atoms with van der Waals surface area (Å²) < 4.78 is 18.8.